The fourth-order valence-corrected chi connectivity index (χ4v) is 0.701. The summed E-state index contributed by atoms with van der Waals surface area (Å²) in [7, 11) is 0. The van der Waals surface area contributed by atoms with Crippen LogP contribution in [0.2, 0.25) is 0 Å². The molecule has 10 heavy (non-hydrogen) atoms. The summed E-state index contributed by atoms with van der Waals surface area (Å²) in [5.74, 6) is 0.977. The summed E-state index contributed by atoms with van der Waals surface area (Å²) >= 11 is 0. The summed E-state index contributed by atoms with van der Waals surface area (Å²) in [6.45, 7) is 0.598. The Morgan fingerprint density at radius 2 is 2.50 bits per heavy atom. The first-order valence-corrected chi connectivity index (χ1v) is 3.27. The Bertz CT molecular complexity index is 189. The van der Waals surface area contributed by atoms with Crippen molar-refractivity contribution in [3.63, 3.8) is 0 Å². The molecule has 0 spiro atoms. The number of hydrogen-bond acceptors (Lipinski definition) is 2. The zero-order valence-electron chi connectivity index (χ0n) is 5.75. The van der Waals surface area contributed by atoms with Crippen LogP contribution in [0, 0.1) is 0 Å². The Kier molecular flexibility index (Phi) is 2.70. The van der Waals surface area contributed by atoms with Gasteiger partial charge in [0, 0.05) is 25.4 Å². The highest BCUT2D eigenvalue weighted by molar-refractivity contribution is 4.96. The first-order valence-electron chi connectivity index (χ1n) is 3.27. The number of nitrogens with one attached hydrogen (secondary N) is 1. The number of aromatic nitrogens is 2. The van der Waals surface area contributed by atoms with Crippen molar-refractivity contribution in [3.05, 3.63) is 30.4 Å². The van der Waals surface area contributed by atoms with E-state index >= 15 is 0 Å². The molecule has 3 nitrogen and oxygen atoms in total. The predicted molar refractivity (Wildman–Crippen MR) is 40.5 cm³/mol. The van der Waals surface area contributed by atoms with E-state index in [4.69, 9.17) is 5.73 Å². The van der Waals surface area contributed by atoms with Crippen LogP contribution in [0.25, 0.3) is 0 Å². The number of H-pyrrole nitrogens is 1. The van der Waals surface area contributed by atoms with Crippen molar-refractivity contribution in [2.24, 2.45) is 5.73 Å². The van der Waals surface area contributed by atoms with Gasteiger partial charge in [0.25, 0.3) is 0 Å². The smallest absolute Gasteiger partial charge is 0.109 e. The van der Waals surface area contributed by atoms with Gasteiger partial charge in [-0.15, -0.1) is 0 Å². The van der Waals surface area contributed by atoms with Gasteiger partial charge in [0.2, 0.25) is 0 Å². The second-order valence-electron chi connectivity index (χ2n) is 1.95. The first-order chi connectivity index (χ1) is 4.93. The molecule has 0 unspecified atom stereocenters. The number of imidazole rings is 1. The van der Waals surface area contributed by atoms with Crippen LogP contribution in [0.4, 0.5) is 0 Å². The SMILES string of the molecule is NCC=CCc1ncc[nH]1. The highest BCUT2D eigenvalue weighted by Crippen LogP contribution is 1.89. The minimum absolute atomic E-state index is 0.598. The van der Waals surface area contributed by atoms with Crippen LogP contribution in [-0.4, -0.2) is 16.5 Å². The quantitative estimate of drug-likeness (QED) is 0.595. The third kappa shape index (κ3) is 2.03. The Labute approximate surface area is 60.0 Å². The maximum atomic E-state index is 5.25. The van der Waals surface area contributed by atoms with Gasteiger partial charge < -0.3 is 10.7 Å². The van der Waals surface area contributed by atoms with Gasteiger partial charge in [-0.1, -0.05) is 12.2 Å². The molecule has 3 heteroatoms. The Morgan fingerprint density at radius 3 is 3.10 bits per heavy atom. The van der Waals surface area contributed by atoms with Crippen molar-refractivity contribution in [2.45, 2.75) is 6.42 Å². The second kappa shape index (κ2) is 3.85. The fraction of sp³-hybridized carbons (Fsp3) is 0.286. The van der Waals surface area contributed by atoms with E-state index < -0.39 is 0 Å². The van der Waals surface area contributed by atoms with Crippen LogP contribution in [0.1, 0.15) is 5.82 Å². The van der Waals surface area contributed by atoms with Crippen molar-refractivity contribution < 1.29 is 0 Å². The highest BCUT2D eigenvalue weighted by atomic mass is 14.9. The fourth-order valence-electron chi connectivity index (χ4n) is 0.701. The molecule has 0 saturated heterocycles. The van der Waals surface area contributed by atoms with Gasteiger partial charge in [-0.05, 0) is 0 Å². The van der Waals surface area contributed by atoms with Gasteiger partial charge in [0.15, 0.2) is 0 Å². The molecule has 1 heterocycles. The second-order valence-corrected chi connectivity index (χ2v) is 1.95. The monoisotopic (exact) mass is 137 g/mol. The van der Waals surface area contributed by atoms with E-state index in [-0.39, 0.29) is 0 Å². The standard InChI is InChI=1S/C7H11N3/c8-4-2-1-3-7-9-5-6-10-7/h1-2,5-6H,3-4,8H2,(H,9,10). The van der Waals surface area contributed by atoms with Gasteiger partial charge in [0.1, 0.15) is 5.82 Å². The number of hydrogen-bond donors (Lipinski definition) is 2. The van der Waals surface area contributed by atoms with Crippen LogP contribution in [0.3, 0.4) is 0 Å². The summed E-state index contributed by atoms with van der Waals surface area (Å²) < 4.78 is 0. The maximum absolute atomic E-state index is 5.25. The molecular weight excluding hydrogens is 126 g/mol. The predicted octanol–water partition coefficient (Wildman–Crippen LogP) is 0.467. The number of nitrogens with two attached hydrogens (primary N) is 1. The Morgan fingerprint density at radius 1 is 1.60 bits per heavy atom. The van der Waals surface area contributed by atoms with Crippen molar-refractivity contribution in [2.75, 3.05) is 6.54 Å². The molecule has 0 aliphatic heterocycles. The Hall–Kier alpha value is -1.09. The summed E-state index contributed by atoms with van der Waals surface area (Å²) in [5.41, 5.74) is 5.25. The molecule has 0 aliphatic carbocycles. The van der Waals surface area contributed by atoms with E-state index in [1.165, 1.54) is 0 Å². The largest absolute Gasteiger partial charge is 0.348 e. The molecule has 0 aliphatic rings. The molecule has 0 amide bonds. The molecule has 1 aromatic heterocycles. The normalized spacial score (nSPS) is 10.9. The molecule has 1 aromatic rings. The summed E-state index contributed by atoms with van der Waals surface area (Å²) in [6.07, 6.45) is 8.31. The molecule has 0 aromatic carbocycles. The molecule has 0 fully saturated rings. The minimum Gasteiger partial charge on any atom is -0.348 e. The number of aromatic amines is 1. The highest BCUT2D eigenvalue weighted by Gasteiger charge is 1.86. The lowest BCUT2D eigenvalue weighted by atomic mass is 10.3. The van der Waals surface area contributed by atoms with E-state index in [1.54, 1.807) is 6.20 Å². The third-order valence-corrected chi connectivity index (χ3v) is 1.17. The molecular formula is C7H11N3. The molecule has 0 radical (unpaired) electrons. The van der Waals surface area contributed by atoms with E-state index in [0.717, 1.165) is 12.2 Å². The van der Waals surface area contributed by atoms with Crippen molar-refractivity contribution in [3.8, 4) is 0 Å². The van der Waals surface area contributed by atoms with E-state index in [1.807, 2.05) is 18.3 Å². The van der Waals surface area contributed by atoms with Crippen molar-refractivity contribution in [1.29, 1.82) is 0 Å². The lowest BCUT2D eigenvalue weighted by molar-refractivity contribution is 1.05. The van der Waals surface area contributed by atoms with E-state index in [2.05, 4.69) is 9.97 Å². The van der Waals surface area contributed by atoms with Gasteiger partial charge in [-0.3, -0.25) is 0 Å². The van der Waals surface area contributed by atoms with E-state index in [0.29, 0.717) is 6.54 Å². The molecule has 54 valence electrons. The topological polar surface area (TPSA) is 54.7 Å². The van der Waals surface area contributed by atoms with Gasteiger partial charge in [-0.25, -0.2) is 4.98 Å². The third-order valence-electron chi connectivity index (χ3n) is 1.17. The van der Waals surface area contributed by atoms with Crippen LogP contribution in [0.5, 0.6) is 0 Å². The lowest BCUT2D eigenvalue weighted by Crippen LogP contribution is -1.93. The van der Waals surface area contributed by atoms with Crippen LogP contribution in [-0.2, 0) is 6.42 Å². The maximum Gasteiger partial charge on any atom is 0.109 e. The molecule has 1 rings (SSSR count). The zero-order valence-corrected chi connectivity index (χ0v) is 5.75. The van der Waals surface area contributed by atoms with Crippen molar-refractivity contribution in [1.82, 2.24) is 9.97 Å². The summed E-state index contributed by atoms with van der Waals surface area (Å²) in [4.78, 5) is 7.03. The zero-order chi connectivity index (χ0) is 7.23. The molecule has 0 bridgehead atoms. The molecule has 0 atom stereocenters. The van der Waals surface area contributed by atoms with Crippen molar-refractivity contribution >= 4 is 0 Å². The number of allylic oxidation sites excluding steroid dienone is 1. The molecule has 0 saturated carbocycles. The van der Waals surface area contributed by atoms with Crippen LogP contribution >= 0.6 is 0 Å². The lowest BCUT2D eigenvalue weighted by Gasteiger charge is -1.85. The summed E-state index contributed by atoms with van der Waals surface area (Å²) in [5, 5.41) is 0. The van der Waals surface area contributed by atoms with Gasteiger partial charge >= 0.3 is 0 Å². The number of nitrogens with zero attached hydrogens (tertiary/aromatic N) is 1. The Balaban J connectivity index is 2.34. The first kappa shape index (κ1) is 7.02. The van der Waals surface area contributed by atoms with Crippen LogP contribution < -0.4 is 5.73 Å². The number of rotatable bonds is 3. The molecule has 3 N–H and O–H groups in total. The minimum atomic E-state index is 0.598. The van der Waals surface area contributed by atoms with Gasteiger partial charge in [-0.2, -0.15) is 0 Å². The van der Waals surface area contributed by atoms with Gasteiger partial charge in [0.05, 0.1) is 0 Å². The average molecular weight is 137 g/mol. The van der Waals surface area contributed by atoms with E-state index in [9.17, 15) is 0 Å². The average Bonchev–Trinajstić information content (AvgIpc) is 2.41. The summed E-state index contributed by atoms with van der Waals surface area (Å²) in [6, 6.07) is 0. The van der Waals surface area contributed by atoms with Crippen LogP contribution in [0.15, 0.2) is 24.5 Å².